The van der Waals surface area contributed by atoms with Crippen LogP contribution in [0.4, 0.5) is 8.78 Å². The van der Waals surface area contributed by atoms with Gasteiger partial charge < -0.3 is 9.64 Å². The van der Waals surface area contributed by atoms with Crippen LogP contribution >= 0.6 is 0 Å². The summed E-state index contributed by atoms with van der Waals surface area (Å²) in [5.74, 6) is -1.47. The molecule has 0 aromatic heterocycles. The van der Waals surface area contributed by atoms with E-state index >= 15 is 0 Å². The number of rotatable bonds is 4. The number of ether oxygens (including phenoxy) is 1. The minimum Gasteiger partial charge on any atom is -0.373 e. The van der Waals surface area contributed by atoms with Crippen LogP contribution in [0.2, 0.25) is 0 Å². The summed E-state index contributed by atoms with van der Waals surface area (Å²) in [6.45, 7) is 5.81. The summed E-state index contributed by atoms with van der Waals surface area (Å²) in [7, 11) is 0. The van der Waals surface area contributed by atoms with Crippen molar-refractivity contribution >= 4 is 5.91 Å². The summed E-state index contributed by atoms with van der Waals surface area (Å²) in [6, 6.07) is 4.05. The smallest absolute Gasteiger partial charge is 0.219 e. The first-order chi connectivity index (χ1) is 11.5. The van der Waals surface area contributed by atoms with Gasteiger partial charge in [-0.3, -0.25) is 9.69 Å². The molecule has 2 heterocycles. The van der Waals surface area contributed by atoms with Gasteiger partial charge in [-0.15, -0.1) is 0 Å². The van der Waals surface area contributed by atoms with E-state index in [1.54, 1.807) is 13.0 Å². The van der Waals surface area contributed by atoms with E-state index in [4.69, 9.17) is 4.74 Å². The monoisotopic (exact) mass is 338 g/mol. The van der Waals surface area contributed by atoms with Crippen molar-refractivity contribution in [3.63, 3.8) is 0 Å². The number of hydrogen-bond acceptors (Lipinski definition) is 3. The quantitative estimate of drug-likeness (QED) is 0.844. The summed E-state index contributed by atoms with van der Waals surface area (Å²) in [4.78, 5) is 15.6. The first kappa shape index (κ1) is 17.3. The second-order valence-electron chi connectivity index (χ2n) is 6.72. The maximum Gasteiger partial charge on any atom is 0.219 e. The largest absolute Gasteiger partial charge is 0.373 e. The predicted octanol–water partition coefficient (Wildman–Crippen LogP) is 2.22. The molecule has 2 aliphatic rings. The lowest BCUT2D eigenvalue weighted by Gasteiger charge is -2.35. The number of hydrogen-bond donors (Lipinski definition) is 0. The average molecular weight is 338 g/mol. The number of halogens is 2. The lowest BCUT2D eigenvalue weighted by atomic mass is 10.1. The summed E-state index contributed by atoms with van der Waals surface area (Å²) in [5.41, 5.74) is 0.773. The van der Waals surface area contributed by atoms with Crippen molar-refractivity contribution in [2.24, 2.45) is 0 Å². The third kappa shape index (κ3) is 4.30. The number of piperazine rings is 1. The number of amides is 1. The van der Waals surface area contributed by atoms with Gasteiger partial charge in [0.15, 0.2) is 11.6 Å². The lowest BCUT2D eigenvalue weighted by Crippen LogP contribution is -2.49. The van der Waals surface area contributed by atoms with Crippen LogP contribution in [0, 0.1) is 11.6 Å². The topological polar surface area (TPSA) is 32.8 Å². The Bertz CT molecular complexity index is 588. The molecule has 2 atom stereocenters. The van der Waals surface area contributed by atoms with Crippen molar-refractivity contribution in [3.05, 3.63) is 35.4 Å². The molecule has 4 nitrogen and oxygen atoms in total. The third-order valence-electron chi connectivity index (χ3n) is 4.92. The fraction of sp³-hybridized carbons (Fsp3) is 0.611. The van der Waals surface area contributed by atoms with Crippen LogP contribution in [0.3, 0.4) is 0 Å². The maximum absolute atomic E-state index is 13.3. The normalized spacial score (nSPS) is 25.2. The van der Waals surface area contributed by atoms with Crippen LogP contribution in [0.1, 0.15) is 25.3 Å². The summed E-state index contributed by atoms with van der Waals surface area (Å²) in [5, 5.41) is 0. The fourth-order valence-corrected chi connectivity index (χ4v) is 3.53. The molecule has 2 saturated heterocycles. The molecule has 0 unspecified atom stereocenters. The van der Waals surface area contributed by atoms with Crippen molar-refractivity contribution in [2.75, 3.05) is 32.7 Å². The summed E-state index contributed by atoms with van der Waals surface area (Å²) < 4.78 is 32.3. The van der Waals surface area contributed by atoms with Gasteiger partial charge in [-0.05, 0) is 37.0 Å². The summed E-state index contributed by atoms with van der Waals surface area (Å²) in [6.07, 6.45) is 2.80. The van der Waals surface area contributed by atoms with E-state index in [1.165, 1.54) is 12.1 Å². The van der Waals surface area contributed by atoms with Gasteiger partial charge >= 0.3 is 0 Å². The fourth-order valence-electron chi connectivity index (χ4n) is 3.53. The van der Waals surface area contributed by atoms with Crippen molar-refractivity contribution in [1.29, 1.82) is 0 Å². The van der Waals surface area contributed by atoms with Crippen LogP contribution in [0.15, 0.2) is 18.2 Å². The van der Waals surface area contributed by atoms with E-state index in [-0.39, 0.29) is 18.1 Å². The van der Waals surface area contributed by atoms with Gasteiger partial charge in [0.05, 0.1) is 12.2 Å². The molecule has 1 aromatic rings. The molecule has 6 heteroatoms. The molecule has 1 aromatic carbocycles. The maximum atomic E-state index is 13.3. The second-order valence-corrected chi connectivity index (χ2v) is 6.72. The van der Waals surface area contributed by atoms with Crippen LogP contribution in [-0.4, -0.2) is 60.6 Å². The highest BCUT2D eigenvalue weighted by Crippen LogP contribution is 2.24. The zero-order valence-electron chi connectivity index (χ0n) is 14.0. The highest BCUT2D eigenvalue weighted by Gasteiger charge is 2.28. The van der Waals surface area contributed by atoms with Crippen molar-refractivity contribution in [1.82, 2.24) is 9.80 Å². The molecule has 132 valence electrons. The standard InChI is InChI=1S/C18H24F2N2O2/c1-13(23)22-8-6-21(7-9-22)12-16-4-3-15(24-16)10-14-2-5-17(19)18(20)11-14/h2,5,11,15-16H,3-4,6-10,12H2,1H3/t15-,16+/m1/s1. The predicted molar refractivity (Wildman–Crippen MR) is 86.7 cm³/mol. The molecule has 2 aliphatic heterocycles. The van der Waals surface area contributed by atoms with Gasteiger partial charge in [-0.2, -0.15) is 0 Å². The van der Waals surface area contributed by atoms with E-state index in [0.29, 0.717) is 6.42 Å². The Morgan fingerprint density at radius 3 is 2.50 bits per heavy atom. The Labute approximate surface area is 141 Å². The van der Waals surface area contributed by atoms with Crippen LogP contribution in [0.25, 0.3) is 0 Å². The highest BCUT2D eigenvalue weighted by molar-refractivity contribution is 5.73. The SMILES string of the molecule is CC(=O)N1CCN(C[C@@H]2CC[C@H](Cc3ccc(F)c(F)c3)O2)CC1. The second kappa shape index (κ2) is 7.57. The first-order valence-corrected chi connectivity index (χ1v) is 8.58. The van der Waals surface area contributed by atoms with Gasteiger partial charge in [0.25, 0.3) is 0 Å². The molecular formula is C18H24F2N2O2. The van der Waals surface area contributed by atoms with Gasteiger partial charge in [0.2, 0.25) is 5.91 Å². The van der Waals surface area contributed by atoms with E-state index in [2.05, 4.69) is 4.90 Å². The third-order valence-corrected chi connectivity index (χ3v) is 4.92. The number of carbonyl (C=O) groups is 1. The zero-order valence-corrected chi connectivity index (χ0v) is 14.0. The molecule has 0 radical (unpaired) electrons. The Kier molecular flexibility index (Phi) is 5.46. The lowest BCUT2D eigenvalue weighted by molar-refractivity contribution is -0.130. The molecule has 0 saturated carbocycles. The molecule has 3 rings (SSSR count). The molecule has 24 heavy (non-hydrogen) atoms. The first-order valence-electron chi connectivity index (χ1n) is 8.58. The van der Waals surface area contributed by atoms with Crippen molar-refractivity contribution < 1.29 is 18.3 Å². The van der Waals surface area contributed by atoms with Crippen LogP contribution in [0.5, 0.6) is 0 Å². The number of carbonyl (C=O) groups excluding carboxylic acids is 1. The van der Waals surface area contributed by atoms with E-state index in [9.17, 15) is 13.6 Å². The molecule has 0 N–H and O–H groups in total. The minimum absolute atomic E-state index is 0.0679. The number of benzene rings is 1. The van der Waals surface area contributed by atoms with Crippen molar-refractivity contribution in [2.45, 2.75) is 38.4 Å². The van der Waals surface area contributed by atoms with Gasteiger partial charge in [-0.1, -0.05) is 6.07 Å². The average Bonchev–Trinajstić information content (AvgIpc) is 2.98. The van der Waals surface area contributed by atoms with E-state index in [1.807, 2.05) is 4.90 Å². The van der Waals surface area contributed by atoms with Gasteiger partial charge in [-0.25, -0.2) is 8.78 Å². The summed E-state index contributed by atoms with van der Waals surface area (Å²) >= 11 is 0. The van der Waals surface area contributed by atoms with Crippen LogP contribution in [-0.2, 0) is 16.0 Å². The number of nitrogens with zero attached hydrogens (tertiary/aromatic N) is 2. The Morgan fingerprint density at radius 2 is 1.83 bits per heavy atom. The molecule has 0 aliphatic carbocycles. The van der Waals surface area contributed by atoms with Crippen molar-refractivity contribution in [3.8, 4) is 0 Å². The highest BCUT2D eigenvalue weighted by atomic mass is 19.2. The minimum atomic E-state index is -0.811. The molecule has 0 spiro atoms. The van der Waals surface area contributed by atoms with E-state index < -0.39 is 11.6 Å². The molecule has 0 bridgehead atoms. The molecule has 2 fully saturated rings. The van der Waals surface area contributed by atoms with E-state index in [0.717, 1.165) is 51.1 Å². The Morgan fingerprint density at radius 1 is 1.12 bits per heavy atom. The Balaban J connectivity index is 1.44. The molecular weight excluding hydrogens is 314 g/mol. The van der Waals surface area contributed by atoms with Gasteiger partial charge in [0, 0.05) is 39.6 Å². The van der Waals surface area contributed by atoms with Gasteiger partial charge in [0.1, 0.15) is 0 Å². The Hall–Kier alpha value is -1.53. The van der Waals surface area contributed by atoms with Crippen LogP contribution < -0.4 is 0 Å². The molecule has 1 amide bonds. The zero-order chi connectivity index (χ0) is 17.1.